The van der Waals surface area contributed by atoms with Gasteiger partial charge in [-0.25, -0.2) is 0 Å². The molecule has 0 spiro atoms. The Bertz CT molecular complexity index is 433. The molecule has 0 saturated carbocycles. The minimum absolute atomic E-state index is 0.334. The number of unbranched alkanes of at least 4 members (excludes halogenated alkanes) is 17. The van der Waals surface area contributed by atoms with Gasteiger partial charge in [0.25, 0.3) is 0 Å². The van der Waals surface area contributed by atoms with Crippen LogP contribution in [0.25, 0.3) is 0 Å². The second-order valence-electron chi connectivity index (χ2n) is 10.4. The van der Waals surface area contributed by atoms with Gasteiger partial charge >= 0.3 is 5.97 Å². The predicted octanol–water partition coefficient (Wildman–Crippen LogP) is 9.55. The van der Waals surface area contributed by atoms with E-state index in [1.54, 1.807) is 0 Å². The van der Waals surface area contributed by atoms with E-state index in [2.05, 4.69) is 38.1 Å². The highest BCUT2D eigenvalue weighted by Crippen LogP contribution is 2.17. The first-order valence-corrected chi connectivity index (χ1v) is 14.6. The normalized spacial score (nSPS) is 12.7. The number of allylic oxidation sites excluding steroid dienone is 2. The van der Waals surface area contributed by atoms with Crippen molar-refractivity contribution in [2.24, 2.45) is 0 Å². The summed E-state index contributed by atoms with van der Waals surface area (Å²) in [5, 5.41) is 8.62. The van der Waals surface area contributed by atoms with Gasteiger partial charge in [0.1, 0.15) is 0 Å². The molecule has 3 nitrogen and oxygen atoms in total. The van der Waals surface area contributed by atoms with Crippen LogP contribution in [-0.4, -0.2) is 36.1 Å². The zero-order valence-electron chi connectivity index (χ0n) is 22.8. The molecule has 0 aromatic rings. The van der Waals surface area contributed by atoms with Gasteiger partial charge in [-0.2, -0.15) is 0 Å². The van der Waals surface area contributed by atoms with Crippen LogP contribution < -0.4 is 0 Å². The van der Waals surface area contributed by atoms with Crippen LogP contribution in [0.3, 0.4) is 0 Å². The highest BCUT2D eigenvalue weighted by atomic mass is 16.4. The largest absolute Gasteiger partial charge is 0.481 e. The molecule has 1 unspecified atom stereocenters. The predicted molar refractivity (Wildman–Crippen MR) is 146 cm³/mol. The smallest absolute Gasteiger partial charge is 0.303 e. The molecular formula is C30H59NO2. The molecule has 0 heterocycles. The number of carboxylic acid groups (broad SMARTS) is 1. The van der Waals surface area contributed by atoms with Crippen molar-refractivity contribution in [2.75, 3.05) is 14.1 Å². The van der Waals surface area contributed by atoms with Crippen molar-refractivity contribution in [1.82, 2.24) is 4.90 Å². The average molecular weight is 466 g/mol. The van der Waals surface area contributed by atoms with Crippen molar-refractivity contribution >= 4 is 5.97 Å². The van der Waals surface area contributed by atoms with E-state index in [1.807, 2.05) is 0 Å². The molecule has 0 aromatic heterocycles. The van der Waals surface area contributed by atoms with Crippen LogP contribution in [0.5, 0.6) is 0 Å². The molecule has 1 atom stereocenters. The van der Waals surface area contributed by atoms with Crippen LogP contribution in [0.4, 0.5) is 0 Å². The Morgan fingerprint density at radius 3 is 1.45 bits per heavy atom. The average Bonchev–Trinajstić information content (AvgIpc) is 2.78. The molecule has 0 aliphatic carbocycles. The summed E-state index contributed by atoms with van der Waals surface area (Å²) in [5.74, 6) is -0.658. The first-order valence-electron chi connectivity index (χ1n) is 14.6. The standard InChI is InChI=1S/C30H59NO2/c1-4-5-6-7-17-20-23-26-29(31(2)3)27-24-21-18-15-13-11-9-8-10-12-14-16-19-22-25-28-30(32)33/h9,11,29H,4-8,10,12-28H2,1-3H3,(H,32,33). The molecule has 0 radical (unpaired) electrons. The lowest BCUT2D eigenvalue weighted by Gasteiger charge is -2.24. The summed E-state index contributed by atoms with van der Waals surface area (Å²) in [6.07, 6.45) is 34.0. The van der Waals surface area contributed by atoms with Crippen molar-refractivity contribution in [1.29, 1.82) is 0 Å². The second kappa shape index (κ2) is 25.8. The van der Waals surface area contributed by atoms with Crippen molar-refractivity contribution in [2.45, 2.75) is 161 Å². The van der Waals surface area contributed by atoms with Crippen LogP contribution in [0.2, 0.25) is 0 Å². The summed E-state index contributed by atoms with van der Waals surface area (Å²) in [6, 6.07) is 0.783. The summed E-state index contributed by atoms with van der Waals surface area (Å²) in [6.45, 7) is 2.29. The fraction of sp³-hybridized carbons (Fsp3) is 0.900. The number of nitrogens with zero attached hydrogens (tertiary/aromatic N) is 1. The van der Waals surface area contributed by atoms with Crippen LogP contribution >= 0.6 is 0 Å². The molecule has 0 bridgehead atoms. The van der Waals surface area contributed by atoms with Gasteiger partial charge in [-0.15, -0.1) is 0 Å². The topological polar surface area (TPSA) is 40.5 Å². The van der Waals surface area contributed by atoms with Gasteiger partial charge in [-0.1, -0.05) is 115 Å². The van der Waals surface area contributed by atoms with Crippen molar-refractivity contribution < 1.29 is 9.90 Å². The van der Waals surface area contributed by atoms with Crippen LogP contribution in [-0.2, 0) is 4.79 Å². The number of aliphatic carboxylic acids is 1. The number of hydrogen-bond donors (Lipinski definition) is 1. The van der Waals surface area contributed by atoms with Gasteiger partial charge in [0.15, 0.2) is 0 Å². The van der Waals surface area contributed by atoms with E-state index in [9.17, 15) is 4.79 Å². The molecule has 0 aliphatic heterocycles. The van der Waals surface area contributed by atoms with Crippen molar-refractivity contribution in [3.05, 3.63) is 12.2 Å². The minimum atomic E-state index is -0.658. The van der Waals surface area contributed by atoms with Crippen molar-refractivity contribution in [3.8, 4) is 0 Å². The third-order valence-electron chi connectivity index (χ3n) is 6.96. The number of carbonyl (C=O) groups is 1. The molecule has 0 aliphatic rings. The van der Waals surface area contributed by atoms with Crippen LogP contribution in [0, 0.1) is 0 Å². The summed E-state index contributed by atoms with van der Waals surface area (Å²) in [4.78, 5) is 12.9. The minimum Gasteiger partial charge on any atom is -0.481 e. The first-order chi connectivity index (χ1) is 16.1. The second-order valence-corrected chi connectivity index (χ2v) is 10.4. The van der Waals surface area contributed by atoms with Gasteiger partial charge in [0.2, 0.25) is 0 Å². The lowest BCUT2D eigenvalue weighted by Crippen LogP contribution is -2.27. The van der Waals surface area contributed by atoms with E-state index in [4.69, 9.17) is 5.11 Å². The molecule has 0 rings (SSSR count). The molecular weight excluding hydrogens is 406 g/mol. The molecule has 0 aromatic carbocycles. The molecule has 3 heteroatoms. The Hall–Kier alpha value is -0.830. The fourth-order valence-electron chi connectivity index (χ4n) is 4.65. The summed E-state index contributed by atoms with van der Waals surface area (Å²) in [7, 11) is 4.53. The van der Waals surface area contributed by atoms with Gasteiger partial charge in [-0.05, 0) is 59.0 Å². The Balaban J connectivity index is 3.43. The fourth-order valence-corrected chi connectivity index (χ4v) is 4.65. The summed E-state index contributed by atoms with van der Waals surface area (Å²) in [5.41, 5.74) is 0. The lowest BCUT2D eigenvalue weighted by atomic mass is 9.99. The highest BCUT2D eigenvalue weighted by Gasteiger charge is 2.10. The van der Waals surface area contributed by atoms with Crippen LogP contribution in [0.15, 0.2) is 12.2 Å². The molecule has 33 heavy (non-hydrogen) atoms. The first kappa shape index (κ1) is 32.2. The molecule has 0 fully saturated rings. The third kappa shape index (κ3) is 25.6. The SMILES string of the molecule is CCCCCCCCCC(CCCCCCC=CCCCCCCCCCC(=O)O)N(C)C. The van der Waals surface area contributed by atoms with E-state index >= 15 is 0 Å². The maximum absolute atomic E-state index is 10.5. The van der Waals surface area contributed by atoms with Gasteiger partial charge < -0.3 is 10.0 Å². The van der Waals surface area contributed by atoms with Crippen molar-refractivity contribution in [3.63, 3.8) is 0 Å². The Morgan fingerprint density at radius 2 is 1.03 bits per heavy atom. The Labute approximate surface area is 207 Å². The number of carboxylic acids is 1. The number of rotatable bonds is 26. The molecule has 196 valence electrons. The highest BCUT2D eigenvalue weighted by molar-refractivity contribution is 5.66. The van der Waals surface area contributed by atoms with E-state index < -0.39 is 5.97 Å². The molecule has 0 amide bonds. The van der Waals surface area contributed by atoms with Gasteiger partial charge in [-0.3, -0.25) is 4.79 Å². The molecule has 1 N–H and O–H groups in total. The third-order valence-corrected chi connectivity index (χ3v) is 6.96. The maximum atomic E-state index is 10.5. The Kier molecular flexibility index (Phi) is 25.1. The summed E-state index contributed by atoms with van der Waals surface area (Å²) >= 11 is 0. The maximum Gasteiger partial charge on any atom is 0.303 e. The zero-order valence-corrected chi connectivity index (χ0v) is 22.8. The number of hydrogen-bond acceptors (Lipinski definition) is 2. The quantitative estimate of drug-likeness (QED) is 0.102. The zero-order chi connectivity index (χ0) is 24.4. The summed E-state index contributed by atoms with van der Waals surface area (Å²) < 4.78 is 0. The monoisotopic (exact) mass is 465 g/mol. The van der Waals surface area contributed by atoms with E-state index in [1.165, 1.54) is 128 Å². The van der Waals surface area contributed by atoms with E-state index in [0.717, 1.165) is 18.9 Å². The van der Waals surface area contributed by atoms with E-state index in [0.29, 0.717) is 6.42 Å². The molecule has 0 saturated heterocycles. The van der Waals surface area contributed by atoms with Gasteiger partial charge in [0, 0.05) is 12.5 Å². The van der Waals surface area contributed by atoms with Gasteiger partial charge in [0.05, 0.1) is 0 Å². The van der Waals surface area contributed by atoms with Crippen LogP contribution in [0.1, 0.15) is 155 Å². The Morgan fingerprint density at radius 1 is 0.636 bits per heavy atom. The lowest BCUT2D eigenvalue weighted by molar-refractivity contribution is -0.137. The van der Waals surface area contributed by atoms with E-state index in [-0.39, 0.29) is 0 Å².